The summed E-state index contributed by atoms with van der Waals surface area (Å²) < 4.78 is 17.8. The smallest absolute Gasteiger partial charge is 0.338 e. The minimum atomic E-state index is -0.899. The molecule has 2 aromatic carbocycles. The van der Waals surface area contributed by atoms with Crippen LogP contribution in [0.4, 0.5) is 4.79 Å². The van der Waals surface area contributed by atoms with Crippen LogP contribution in [0.25, 0.3) is 23.0 Å². The SMILES string of the molecule is CCOC(=O)C1=C(COC(=O)C=Cc2cn(-c3ccccc3)nc2-c2ccccc2)NC(=O)NC1c1ccco1. The molecule has 3 heterocycles. The molecule has 40 heavy (non-hydrogen) atoms. The summed E-state index contributed by atoms with van der Waals surface area (Å²) in [5.41, 5.74) is 3.33. The molecule has 202 valence electrons. The molecule has 2 amide bonds. The van der Waals surface area contributed by atoms with E-state index in [-0.39, 0.29) is 24.5 Å². The van der Waals surface area contributed by atoms with Crippen LogP contribution in [0.2, 0.25) is 0 Å². The molecular weight excluding hydrogens is 512 g/mol. The van der Waals surface area contributed by atoms with Crippen LogP contribution in [0.15, 0.2) is 107 Å². The lowest BCUT2D eigenvalue weighted by molar-refractivity contribution is -0.140. The fraction of sp³-hybridized carbons (Fsp3) is 0.133. The van der Waals surface area contributed by atoms with E-state index in [1.165, 1.54) is 12.3 Å². The zero-order valence-corrected chi connectivity index (χ0v) is 21.6. The Morgan fingerprint density at radius 1 is 1.02 bits per heavy atom. The number of hydrogen-bond donors (Lipinski definition) is 2. The molecule has 0 bridgehead atoms. The van der Waals surface area contributed by atoms with Gasteiger partial charge < -0.3 is 24.5 Å². The molecule has 1 aliphatic rings. The monoisotopic (exact) mass is 538 g/mol. The number of carbonyl (C=O) groups is 3. The first-order valence-electron chi connectivity index (χ1n) is 12.6. The van der Waals surface area contributed by atoms with Crippen LogP contribution in [-0.2, 0) is 19.1 Å². The molecule has 0 saturated heterocycles. The topological polar surface area (TPSA) is 125 Å². The maximum absolute atomic E-state index is 12.8. The molecule has 1 aliphatic heterocycles. The second kappa shape index (κ2) is 12.0. The van der Waals surface area contributed by atoms with E-state index in [1.807, 2.05) is 66.9 Å². The molecule has 10 heteroatoms. The summed E-state index contributed by atoms with van der Waals surface area (Å²) in [6.07, 6.45) is 6.14. The highest BCUT2D eigenvalue weighted by Crippen LogP contribution is 2.28. The van der Waals surface area contributed by atoms with Crippen molar-refractivity contribution in [3.05, 3.63) is 114 Å². The van der Waals surface area contributed by atoms with E-state index in [1.54, 1.807) is 29.8 Å². The number of aromatic nitrogens is 2. The van der Waals surface area contributed by atoms with Gasteiger partial charge in [-0.1, -0.05) is 48.5 Å². The number of para-hydroxylation sites is 1. The van der Waals surface area contributed by atoms with Crippen molar-refractivity contribution in [2.75, 3.05) is 13.2 Å². The van der Waals surface area contributed by atoms with Gasteiger partial charge in [0.05, 0.1) is 35.5 Å². The molecule has 10 nitrogen and oxygen atoms in total. The number of rotatable bonds is 9. The summed E-state index contributed by atoms with van der Waals surface area (Å²) in [6.45, 7) is 1.43. The summed E-state index contributed by atoms with van der Waals surface area (Å²) in [7, 11) is 0. The number of urea groups is 1. The summed E-state index contributed by atoms with van der Waals surface area (Å²) in [5.74, 6) is -1.01. The minimum absolute atomic E-state index is 0.0867. The van der Waals surface area contributed by atoms with Gasteiger partial charge >= 0.3 is 18.0 Å². The third kappa shape index (κ3) is 5.86. The van der Waals surface area contributed by atoms with Gasteiger partial charge in [-0.2, -0.15) is 5.10 Å². The van der Waals surface area contributed by atoms with E-state index in [9.17, 15) is 14.4 Å². The Morgan fingerprint density at radius 3 is 2.48 bits per heavy atom. The first-order chi connectivity index (χ1) is 19.5. The van der Waals surface area contributed by atoms with Crippen LogP contribution in [0.5, 0.6) is 0 Å². The Morgan fingerprint density at radius 2 is 1.77 bits per heavy atom. The molecule has 0 spiro atoms. The zero-order chi connectivity index (χ0) is 27.9. The van der Waals surface area contributed by atoms with Crippen molar-refractivity contribution in [2.24, 2.45) is 0 Å². The Bertz CT molecular complexity index is 1560. The molecule has 0 saturated carbocycles. The molecule has 2 N–H and O–H groups in total. The van der Waals surface area contributed by atoms with Crippen molar-refractivity contribution in [3.63, 3.8) is 0 Å². The average Bonchev–Trinajstić information content (AvgIpc) is 3.67. The van der Waals surface area contributed by atoms with E-state index in [0.717, 1.165) is 11.3 Å². The van der Waals surface area contributed by atoms with E-state index in [4.69, 9.17) is 19.0 Å². The Balaban J connectivity index is 1.38. The molecule has 4 aromatic rings. The van der Waals surface area contributed by atoms with Crippen molar-refractivity contribution in [1.29, 1.82) is 0 Å². The fourth-order valence-electron chi connectivity index (χ4n) is 4.24. The van der Waals surface area contributed by atoms with Gasteiger partial charge in [0.15, 0.2) is 0 Å². The van der Waals surface area contributed by atoms with Crippen LogP contribution < -0.4 is 10.6 Å². The predicted octanol–water partition coefficient (Wildman–Crippen LogP) is 4.56. The number of carbonyl (C=O) groups excluding carboxylic acids is 3. The van der Waals surface area contributed by atoms with Gasteiger partial charge in [-0.25, -0.2) is 19.1 Å². The molecule has 0 aliphatic carbocycles. The van der Waals surface area contributed by atoms with Crippen molar-refractivity contribution in [2.45, 2.75) is 13.0 Å². The van der Waals surface area contributed by atoms with Gasteiger partial charge in [0, 0.05) is 23.4 Å². The number of nitrogens with zero attached hydrogens (tertiary/aromatic N) is 2. The molecule has 2 aromatic heterocycles. The maximum atomic E-state index is 12.8. The van der Waals surface area contributed by atoms with Crippen molar-refractivity contribution >= 4 is 24.0 Å². The van der Waals surface area contributed by atoms with Crippen LogP contribution in [0, 0.1) is 0 Å². The van der Waals surface area contributed by atoms with Gasteiger partial charge in [0.1, 0.15) is 18.4 Å². The predicted molar refractivity (Wildman–Crippen MR) is 146 cm³/mol. The number of ether oxygens (including phenoxy) is 2. The van der Waals surface area contributed by atoms with Gasteiger partial charge in [-0.3, -0.25) is 0 Å². The molecular formula is C30H26N4O6. The highest BCUT2D eigenvalue weighted by molar-refractivity contribution is 5.95. The second-order valence-corrected chi connectivity index (χ2v) is 8.68. The van der Waals surface area contributed by atoms with E-state index >= 15 is 0 Å². The molecule has 5 rings (SSSR count). The van der Waals surface area contributed by atoms with Crippen LogP contribution >= 0.6 is 0 Å². The number of furan rings is 1. The van der Waals surface area contributed by atoms with Gasteiger partial charge in [-0.05, 0) is 37.3 Å². The summed E-state index contributed by atoms with van der Waals surface area (Å²) in [6, 6.07) is 21.0. The van der Waals surface area contributed by atoms with Gasteiger partial charge in [0.2, 0.25) is 0 Å². The van der Waals surface area contributed by atoms with E-state index < -0.39 is 24.0 Å². The third-order valence-corrected chi connectivity index (χ3v) is 6.04. The van der Waals surface area contributed by atoms with Crippen LogP contribution in [0.3, 0.4) is 0 Å². The first-order valence-corrected chi connectivity index (χ1v) is 12.6. The lowest BCUT2D eigenvalue weighted by Gasteiger charge is -2.27. The number of hydrogen-bond acceptors (Lipinski definition) is 7. The van der Waals surface area contributed by atoms with Gasteiger partial charge in [0.25, 0.3) is 0 Å². The lowest BCUT2D eigenvalue weighted by Crippen LogP contribution is -2.47. The highest BCUT2D eigenvalue weighted by atomic mass is 16.5. The Labute approximate surface area is 229 Å². The van der Waals surface area contributed by atoms with Crippen LogP contribution in [0.1, 0.15) is 24.3 Å². The highest BCUT2D eigenvalue weighted by Gasteiger charge is 2.35. The molecule has 1 atom stereocenters. The number of esters is 2. The zero-order valence-electron chi connectivity index (χ0n) is 21.6. The van der Waals surface area contributed by atoms with Crippen molar-refractivity contribution in [1.82, 2.24) is 20.4 Å². The number of benzene rings is 2. The largest absolute Gasteiger partial charge is 0.467 e. The minimum Gasteiger partial charge on any atom is -0.467 e. The van der Waals surface area contributed by atoms with E-state index in [2.05, 4.69) is 10.6 Å². The molecule has 1 unspecified atom stereocenters. The summed E-state index contributed by atoms with van der Waals surface area (Å²) in [4.78, 5) is 37.9. The molecule has 0 radical (unpaired) electrons. The lowest BCUT2D eigenvalue weighted by atomic mass is 10.0. The van der Waals surface area contributed by atoms with E-state index in [0.29, 0.717) is 17.0 Å². The third-order valence-electron chi connectivity index (χ3n) is 6.04. The summed E-state index contributed by atoms with van der Waals surface area (Å²) >= 11 is 0. The summed E-state index contributed by atoms with van der Waals surface area (Å²) in [5, 5.41) is 9.92. The quantitative estimate of drug-likeness (QED) is 0.236. The Hall–Kier alpha value is -5.38. The molecule has 0 fully saturated rings. The standard InChI is InChI=1S/C30H26N4O6/c1-2-38-29(36)26-23(31-30(37)32-28(26)24-14-9-17-39-24)19-40-25(35)16-15-21-18-34(22-12-7-4-8-13-22)33-27(21)20-10-5-3-6-11-20/h3-18,28H,2,19H2,1H3,(H2,31,32,37). The normalized spacial score (nSPS) is 15.0. The fourth-order valence-corrected chi connectivity index (χ4v) is 4.24. The van der Waals surface area contributed by atoms with Crippen molar-refractivity contribution in [3.8, 4) is 16.9 Å². The Kier molecular flexibility index (Phi) is 7.87. The number of amides is 2. The first kappa shape index (κ1) is 26.2. The van der Waals surface area contributed by atoms with Crippen molar-refractivity contribution < 1.29 is 28.3 Å². The average molecular weight is 539 g/mol. The van der Waals surface area contributed by atoms with Gasteiger partial charge in [-0.15, -0.1) is 0 Å². The second-order valence-electron chi connectivity index (χ2n) is 8.68. The van der Waals surface area contributed by atoms with Crippen LogP contribution in [-0.4, -0.2) is 41.0 Å². The number of nitrogens with one attached hydrogen (secondary N) is 2. The maximum Gasteiger partial charge on any atom is 0.338 e.